The number of aromatic nitrogens is 3. The van der Waals surface area contributed by atoms with Gasteiger partial charge < -0.3 is 21.1 Å². The second kappa shape index (κ2) is 9.34. The molecule has 1 aliphatic carbocycles. The summed E-state index contributed by atoms with van der Waals surface area (Å²) in [5.41, 5.74) is 1.26. The van der Waals surface area contributed by atoms with Crippen molar-refractivity contribution in [2.24, 2.45) is 5.92 Å². The topological polar surface area (TPSA) is 112 Å². The van der Waals surface area contributed by atoms with Crippen molar-refractivity contribution < 1.29 is 9.90 Å². The average Bonchev–Trinajstić information content (AvgIpc) is 2.73. The summed E-state index contributed by atoms with van der Waals surface area (Å²) in [7, 11) is 1.77. The summed E-state index contributed by atoms with van der Waals surface area (Å²) < 4.78 is 0. The quantitative estimate of drug-likeness (QED) is 0.549. The van der Waals surface area contributed by atoms with Crippen molar-refractivity contribution in [2.75, 3.05) is 29.5 Å². The van der Waals surface area contributed by atoms with Crippen LogP contribution in [-0.4, -0.2) is 45.7 Å². The molecule has 8 heteroatoms. The van der Waals surface area contributed by atoms with Crippen LogP contribution in [0.5, 0.6) is 0 Å². The van der Waals surface area contributed by atoms with Crippen molar-refractivity contribution in [1.29, 1.82) is 0 Å². The fourth-order valence-electron chi connectivity index (χ4n) is 3.44. The second-order valence-corrected chi connectivity index (χ2v) is 7.28. The Labute approximate surface area is 165 Å². The summed E-state index contributed by atoms with van der Waals surface area (Å²) in [5, 5.41) is 18.7. The molecule has 1 fully saturated rings. The first-order valence-electron chi connectivity index (χ1n) is 9.77. The monoisotopic (exact) mass is 384 g/mol. The molecular weight excluding hydrogens is 356 g/mol. The summed E-state index contributed by atoms with van der Waals surface area (Å²) in [4.78, 5) is 24.4. The van der Waals surface area contributed by atoms with E-state index in [1.165, 1.54) is 5.56 Å². The number of carbonyl (C=O) groups is 1. The normalized spacial score (nSPS) is 20.2. The number of anilines is 3. The van der Waals surface area contributed by atoms with Gasteiger partial charge in [0.15, 0.2) is 0 Å². The molecule has 1 aromatic carbocycles. The second-order valence-electron chi connectivity index (χ2n) is 7.28. The van der Waals surface area contributed by atoms with Gasteiger partial charge in [-0.15, -0.1) is 0 Å². The number of hydrogen-bond acceptors (Lipinski definition) is 7. The Morgan fingerprint density at radius 3 is 2.36 bits per heavy atom. The lowest BCUT2D eigenvalue weighted by Gasteiger charge is -2.26. The third kappa shape index (κ3) is 5.31. The zero-order valence-electron chi connectivity index (χ0n) is 16.4. The van der Waals surface area contributed by atoms with E-state index in [1.807, 2.05) is 18.2 Å². The molecule has 4 N–H and O–H groups in total. The smallest absolute Gasteiger partial charge is 0.306 e. The Bertz CT molecular complexity index is 778. The number of rotatable bonds is 8. The maximum atomic E-state index is 11.1. The summed E-state index contributed by atoms with van der Waals surface area (Å²) in [6, 6.07) is 10.5. The van der Waals surface area contributed by atoms with Gasteiger partial charge in [-0.05, 0) is 37.2 Å². The molecule has 0 aliphatic heterocycles. The van der Waals surface area contributed by atoms with E-state index >= 15 is 0 Å². The van der Waals surface area contributed by atoms with E-state index < -0.39 is 5.97 Å². The van der Waals surface area contributed by atoms with Gasteiger partial charge in [0.1, 0.15) is 0 Å². The predicted octanol–water partition coefficient (Wildman–Crippen LogP) is 3.18. The maximum Gasteiger partial charge on any atom is 0.306 e. The van der Waals surface area contributed by atoms with Gasteiger partial charge in [-0.1, -0.05) is 37.3 Å². The van der Waals surface area contributed by atoms with Crippen LogP contribution < -0.4 is 16.0 Å². The van der Waals surface area contributed by atoms with Gasteiger partial charge in [0.2, 0.25) is 17.8 Å². The highest BCUT2D eigenvalue weighted by Crippen LogP contribution is 2.26. The highest BCUT2D eigenvalue weighted by Gasteiger charge is 2.26. The minimum Gasteiger partial charge on any atom is -0.481 e. The number of carboxylic acids is 1. The van der Waals surface area contributed by atoms with Crippen LogP contribution in [0.2, 0.25) is 0 Å². The van der Waals surface area contributed by atoms with E-state index in [4.69, 9.17) is 5.11 Å². The van der Waals surface area contributed by atoms with E-state index in [1.54, 1.807) is 7.05 Å². The van der Waals surface area contributed by atoms with Gasteiger partial charge >= 0.3 is 5.97 Å². The molecule has 0 amide bonds. The average molecular weight is 384 g/mol. The predicted molar refractivity (Wildman–Crippen MR) is 110 cm³/mol. The number of nitrogens with one attached hydrogen (secondary N) is 3. The Balaban J connectivity index is 1.61. The van der Waals surface area contributed by atoms with Crippen LogP contribution in [0, 0.1) is 5.92 Å². The summed E-state index contributed by atoms with van der Waals surface area (Å²) in [6.07, 6.45) is 2.95. The first-order valence-corrected chi connectivity index (χ1v) is 9.77. The van der Waals surface area contributed by atoms with E-state index in [0.717, 1.165) is 12.8 Å². The van der Waals surface area contributed by atoms with Gasteiger partial charge in [-0.3, -0.25) is 4.79 Å². The molecule has 1 heterocycles. The molecule has 0 bridgehead atoms. The van der Waals surface area contributed by atoms with Gasteiger partial charge in [0, 0.05) is 19.6 Å². The van der Waals surface area contributed by atoms with Crippen LogP contribution in [0.15, 0.2) is 30.3 Å². The highest BCUT2D eigenvalue weighted by molar-refractivity contribution is 5.70. The van der Waals surface area contributed by atoms with Crippen LogP contribution in [-0.2, 0) is 4.79 Å². The van der Waals surface area contributed by atoms with Crippen molar-refractivity contribution in [3.05, 3.63) is 35.9 Å². The minimum atomic E-state index is -0.699. The first-order chi connectivity index (χ1) is 13.5. The van der Waals surface area contributed by atoms with Crippen molar-refractivity contribution in [3.63, 3.8) is 0 Å². The molecule has 0 unspecified atom stereocenters. The van der Waals surface area contributed by atoms with Crippen LogP contribution in [0.4, 0.5) is 17.8 Å². The Hall–Kier alpha value is -2.90. The largest absolute Gasteiger partial charge is 0.481 e. The summed E-state index contributed by atoms with van der Waals surface area (Å²) in [6.45, 7) is 2.86. The Morgan fingerprint density at radius 2 is 1.71 bits per heavy atom. The fourth-order valence-corrected chi connectivity index (χ4v) is 3.44. The van der Waals surface area contributed by atoms with Gasteiger partial charge in [-0.2, -0.15) is 15.0 Å². The van der Waals surface area contributed by atoms with Crippen molar-refractivity contribution in [3.8, 4) is 0 Å². The Morgan fingerprint density at radius 1 is 1.07 bits per heavy atom. The van der Waals surface area contributed by atoms with E-state index in [-0.39, 0.29) is 12.0 Å². The molecule has 150 valence electrons. The third-order valence-corrected chi connectivity index (χ3v) is 5.20. The standard InChI is InChI=1S/C20H28N6O2/c1-13(14-6-4-3-5-7-14)12-22-19-24-18(21-2)25-20(26-19)23-16-10-8-15(9-11-16)17(27)28/h3-7,13,15-16H,8-12H2,1-2H3,(H,27,28)(H3,21,22,23,24,25,26)/t13-,15-,16-/m0/s1. The first kappa shape index (κ1) is 19.9. The lowest BCUT2D eigenvalue weighted by atomic mass is 9.86. The lowest BCUT2D eigenvalue weighted by Crippen LogP contribution is -2.30. The van der Waals surface area contributed by atoms with Gasteiger partial charge in [-0.25, -0.2) is 0 Å². The molecule has 0 spiro atoms. The van der Waals surface area contributed by atoms with Crippen LogP contribution in [0.25, 0.3) is 0 Å². The van der Waals surface area contributed by atoms with Crippen molar-refractivity contribution in [2.45, 2.75) is 44.6 Å². The van der Waals surface area contributed by atoms with E-state index in [0.29, 0.717) is 43.1 Å². The lowest BCUT2D eigenvalue weighted by molar-refractivity contribution is -0.142. The zero-order valence-corrected chi connectivity index (χ0v) is 16.4. The van der Waals surface area contributed by atoms with Crippen LogP contribution >= 0.6 is 0 Å². The van der Waals surface area contributed by atoms with Gasteiger partial charge in [0.05, 0.1) is 5.92 Å². The molecule has 1 aromatic heterocycles. The molecule has 0 saturated heterocycles. The Kier molecular flexibility index (Phi) is 6.62. The molecule has 3 rings (SSSR count). The SMILES string of the molecule is CNc1nc(NC[C@H](C)c2ccccc2)nc(N[C@H]2CC[C@H](C(=O)O)CC2)n1. The van der Waals surface area contributed by atoms with Crippen molar-refractivity contribution >= 4 is 23.8 Å². The molecule has 2 aromatic rings. The van der Waals surface area contributed by atoms with Crippen LogP contribution in [0.1, 0.15) is 44.1 Å². The summed E-state index contributed by atoms with van der Waals surface area (Å²) >= 11 is 0. The number of nitrogens with zero attached hydrogens (tertiary/aromatic N) is 3. The molecule has 1 atom stereocenters. The maximum absolute atomic E-state index is 11.1. The molecule has 1 aliphatic rings. The molecule has 1 saturated carbocycles. The fraction of sp³-hybridized carbons (Fsp3) is 0.500. The van der Waals surface area contributed by atoms with E-state index in [9.17, 15) is 4.79 Å². The number of carboxylic acid groups (broad SMARTS) is 1. The van der Waals surface area contributed by atoms with Gasteiger partial charge in [0.25, 0.3) is 0 Å². The summed E-state index contributed by atoms with van der Waals surface area (Å²) in [5.74, 6) is 0.901. The third-order valence-electron chi connectivity index (χ3n) is 5.20. The molecule has 0 radical (unpaired) electrons. The highest BCUT2D eigenvalue weighted by atomic mass is 16.4. The number of hydrogen-bond donors (Lipinski definition) is 4. The molecule has 28 heavy (non-hydrogen) atoms. The van der Waals surface area contributed by atoms with E-state index in [2.05, 4.69) is 50.0 Å². The molecule has 8 nitrogen and oxygen atoms in total. The van der Waals surface area contributed by atoms with Crippen molar-refractivity contribution in [1.82, 2.24) is 15.0 Å². The number of benzene rings is 1. The zero-order chi connectivity index (χ0) is 19.9. The molecular formula is C20H28N6O2. The minimum absolute atomic E-state index is 0.179. The van der Waals surface area contributed by atoms with Crippen LogP contribution in [0.3, 0.4) is 0 Å². The number of aliphatic carboxylic acids is 1.